The number of nitrogens with zero attached hydrogens (tertiary/aromatic N) is 3. The van der Waals surface area contributed by atoms with Crippen molar-refractivity contribution in [3.05, 3.63) is 44.8 Å². The van der Waals surface area contributed by atoms with E-state index in [1.54, 1.807) is 19.3 Å². The second kappa shape index (κ2) is 7.14. The maximum atomic E-state index is 13.2. The number of amides is 1. The van der Waals surface area contributed by atoms with Gasteiger partial charge in [0.25, 0.3) is 11.5 Å². The van der Waals surface area contributed by atoms with Crippen molar-refractivity contribution in [2.24, 2.45) is 0 Å². The van der Waals surface area contributed by atoms with Crippen LogP contribution >= 0.6 is 11.6 Å². The van der Waals surface area contributed by atoms with Gasteiger partial charge in [-0.15, -0.1) is 0 Å². The van der Waals surface area contributed by atoms with E-state index in [2.05, 4.69) is 32.2 Å². The third-order valence-corrected chi connectivity index (χ3v) is 6.64. The third kappa shape index (κ3) is 2.90. The van der Waals surface area contributed by atoms with Gasteiger partial charge in [-0.3, -0.25) is 9.59 Å². The molecule has 3 aromatic rings. The molecule has 0 unspecified atom stereocenters. The molecule has 1 saturated heterocycles. The summed E-state index contributed by atoms with van der Waals surface area (Å²) in [6, 6.07) is 3.83. The van der Waals surface area contributed by atoms with Crippen molar-refractivity contribution in [2.75, 3.05) is 32.5 Å². The molecule has 0 spiro atoms. The second-order valence-corrected chi connectivity index (χ2v) is 8.39. The van der Waals surface area contributed by atoms with Crippen LogP contribution in [0.2, 0.25) is 5.02 Å². The van der Waals surface area contributed by atoms with Gasteiger partial charge in [-0.2, -0.15) is 0 Å². The van der Waals surface area contributed by atoms with Crippen LogP contribution in [0.1, 0.15) is 28.8 Å². The number of carbonyl (C=O) groups is 1. The topological polar surface area (TPSA) is 97.1 Å². The quantitative estimate of drug-likeness (QED) is 0.598. The lowest BCUT2D eigenvalue weighted by molar-refractivity contribution is 0.0617. The Morgan fingerprint density at radius 3 is 2.77 bits per heavy atom. The summed E-state index contributed by atoms with van der Waals surface area (Å²) in [4.78, 5) is 40.3. The van der Waals surface area contributed by atoms with E-state index < -0.39 is 0 Å². The number of aromatic amines is 2. The summed E-state index contributed by atoms with van der Waals surface area (Å²) in [5, 5.41) is 3.49. The molecule has 2 aliphatic heterocycles. The Labute approximate surface area is 178 Å². The molecule has 156 valence electrons. The van der Waals surface area contributed by atoms with Crippen LogP contribution in [-0.4, -0.2) is 63.9 Å². The Bertz CT molecular complexity index is 1210. The molecule has 1 aromatic carbocycles. The Morgan fingerprint density at radius 1 is 1.27 bits per heavy atom. The number of piperidine rings is 1. The van der Waals surface area contributed by atoms with Crippen molar-refractivity contribution in [1.82, 2.24) is 24.8 Å². The fourth-order valence-corrected chi connectivity index (χ4v) is 4.84. The van der Waals surface area contributed by atoms with Gasteiger partial charge in [0.15, 0.2) is 0 Å². The number of imidazole rings is 1. The van der Waals surface area contributed by atoms with Crippen LogP contribution in [0.3, 0.4) is 0 Å². The predicted octanol–water partition coefficient (Wildman–Crippen LogP) is 2.66. The summed E-state index contributed by atoms with van der Waals surface area (Å²) in [5.74, 6) is 0.439. The number of nitrogens with one attached hydrogen (secondary N) is 3. The first-order valence-electron chi connectivity index (χ1n) is 10.1. The number of halogens is 1. The van der Waals surface area contributed by atoms with Crippen molar-refractivity contribution in [2.45, 2.75) is 25.4 Å². The monoisotopic (exact) mass is 426 g/mol. The summed E-state index contributed by atoms with van der Waals surface area (Å²) in [6.07, 6.45) is 3.52. The van der Waals surface area contributed by atoms with Gasteiger partial charge < -0.3 is 25.1 Å². The lowest BCUT2D eigenvalue weighted by atomic mass is 10.0. The van der Waals surface area contributed by atoms with Crippen LogP contribution in [0.15, 0.2) is 23.1 Å². The Balaban J connectivity index is 1.55. The van der Waals surface area contributed by atoms with E-state index in [4.69, 9.17) is 11.6 Å². The van der Waals surface area contributed by atoms with Gasteiger partial charge in [-0.05, 0) is 45.1 Å². The highest BCUT2D eigenvalue weighted by Crippen LogP contribution is 2.38. The number of carbonyl (C=O) groups excluding carboxylic acids is 1. The minimum absolute atomic E-state index is 0.0213. The standard InChI is InChI=1S/C21H23ClN6O2/c1-23-14-3-6-24-20(29)16(14)19-25-15-9-12-13(17(22)18(15)26-19)10-28(21(12)30)11-4-7-27(2)8-5-11/h3,6,9,11H,4-5,7-8,10H2,1-2H3,(H,25,26)(H2,23,24,29). The highest BCUT2D eigenvalue weighted by molar-refractivity contribution is 6.36. The molecule has 0 radical (unpaired) electrons. The van der Waals surface area contributed by atoms with E-state index in [-0.39, 0.29) is 17.5 Å². The van der Waals surface area contributed by atoms with E-state index in [0.717, 1.165) is 31.5 Å². The van der Waals surface area contributed by atoms with Crippen LogP contribution in [0.4, 0.5) is 5.69 Å². The maximum Gasteiger partial charge on any atom is 0.261 e. The van der Waals surface area contributed by atoms with Crippen molar-refractivity contribution in [3.8, 4) is 11.4 Å². The third-order valence-electron chi connectivity index (χ3n) is 6.23. The van der Waals surface area contributed by atoms with Gasteiger partial charge in [0.1, 0.15) is 16.9 Å². The lowest BCUT2D eigenvalue weighted by Gasteiger charge is -2.34. The largest absolute Gasteiger partial charge is 0.387 e. The fourth-order valence-electron chi connectivity index (χ4n) is 4.54. The molecule has 1 fully saturated rings. The van der Waals surface area contributed by atoms with Crippen molar-refractivity contribution >= 4 is 34.2 Å². The number of anilines is 1. The van der Waals surface area contributed by atoms with Crippen LogP contribution in [-0.2, 0) is 6.54 Å². The predicted molar refractivity (Wildman–Crippen MR) is 117 cm³/mol. The smallest absolute Gasteiger partial charge is 0.261 e. The molecule has 9 heteroatoms. The molecule has 5 rings (SSSR count). The van der Waals surface area contributed by atoms with Crippen molar-refractivity contribution in [1.29, 1.82) is 0 Å². The van der Waals surface area contributed by atoms with Crippen LogP contribution in [0.5, 0.6) is 0 Å². The molecule has 0 aliphatic carbocycles. The number of aromatic nitrogens is 3. The number of H-pyrrole nitrogens is 2. The zero-order chi connectivity index (χ0) is 21.0. The average Bonchev–Trinajstić information content (AvgIpc) is 3.31. The molecule has 3 N–H and O–H groups in total. The number of hydrogen-bond acceptors (Lipinski definition) is 5. The van der Waals surface area contributed by atoms with Crippen LogP contribution in [0.25, 0.3) is 22.4 Å². The summed E-state index contributed by atoms with van der Waals surface area (Å²) >= 11 is 6.72. The Kier molecular flexibility index (Phi) is 4.56. The van der Waals surface area contributed by atoms with Crippen molar-refractivity contribution in [3.63, 3.8) is 0 Å². The number of likely N-dealkylation sites (tertiary alicyclic amines) is 1. The minimum atomic E-state index is -0.255. The zero-order valence-corrected chi connectivity index (χ0v) is 17.6. The Hall–Kier alpha value is -2.84. The summed E-state index contributed by atoms with van der Waals surface area (Å²) < 4.78 is 0. The molecule has 2 aliphatic rings. The molecule has 0 atom stereocenters. The van der Waals surface area contributed by atoms with Gasteiger partial charge in [0, 0.05) is 37.0 Å². The van der Waals surface area contributed by atoms with E-state index in [1.807, 2.05) is 11.0 Å². The normalized spacial score (nSPS) is 17.7. The average molecular weight is 427 g/mol. The van der Waals surface area contributed by atoms with Gasteiger partial charge in [-0.1, -0.05) is 11.6 Å². The molecular formula is C21H23ClN6O2. The maximum absolute atomic E-state index is 13.2. The number of rotatable bonds is 3. The summed E-state index contributed by atoms with van der Waals surface area (Å²) in [7, 11) is 3.86. The molecule has 0 bridgehead atoms. The van der Waals surface area contributed by atoms with E-state index in [0.29, 0.717) is 45.2 Å². The second-order valence-electron chi connectivity index (χ2n) is 8.01. The fraction of sp³-hybridized carbons (Fsp3) is 0.381. The summed E-state index contributed by atoms with van der Waals surface area (Å²) in [5.41, 5.74) is 3.48. The van der Waals surface area contributed by atoms with Crippen LogP contribution < -0.4 is 10.9 Å². The van der Waals surface area contributed by atoms with Gasteiger partial charge >= 0.3 is 0 Å². The molecule has 0 saturated carbocycles. The first-order valence-corrected chi connectivity index (χ1v) is 10.5. The summed E-state index contributed by atoms with van der Waals surface area (Å²) in [6.45, 7) is 2.49. The van der Waals surface area contributed by atoms with E-state index >= 15 is 0 Å². The number of hydrogen-bond donors (Lipinski definition) is 3. The SMILES string of the molecule is CNc1cc[nH]c(=O)c1-c1nc2c(Cl)c3c(cc2[nH]1)C(=O)N(C1CCN(C)CC1)C3. The van der Waals surface area contributed by atoms with Gasteiger partial charge in [0.2, 0.25) is 0 Å². The minimum Gasteiger partial charge on any atom is -0.387 e. The first kappa shape index (κ1) is 19.1. The highest BCUT2D eigenvalue weighted by atomic mass is 35.5. The number of pyridine rings is 1. The first-order chi connectivity index (χ1) is 14.5. The number of benzene rings is 1. The van der Waals surface area contributed by atoms with Gasteiger partial charge in [0.05, 0.1) is 16.2 Å². The number of fused-ring (bicyclic) bond motifs is 2. The molecule has 4 heterocycles. The zero-order valence-electron chi connectivity index (χ0n) is 16.9. The molecular weight excluding hydrogens is 404 g/mol. The molecule has 30 heavy (non-hydrogen) atoms. The molecule has 1 amide bonds. The van der Waals surface area contributed by atoms with Crippen molar-refractivity contribution < 1.29 is 4.79 Å². The Morgan fingerprint density at radius 2 is 2.03 bits per heavy atom. The van der Waals surface area contributed by atoms with E-state index in [9.17, 15) is 9.59 Å². The van der Waals surface area contributed by atoms with Gasteiger partial charge in [-0.25, -0.2) is 4.98 Å². The molecule has 2 aromatic heterocycles. The molecule has 8 nitrogen and oxygen atoms in total. The lowest BCUT2D eigenvalue weighted by Crippen LogP contribution is -2.43. The van der Waals surface area contributed by atoms with E-state index in [1.165, 1.54) is 0 Å². The highest BCUT2D eigenvalue weighted by Gasteiger charge is 2.36. The van der Waals surface area contributed by atoms with Crippen LogP contribution in [0, 0.1) is 0 Å².